The van der Waals surface area contributed by atoms with Gasteiger partial charge in [0, 0.05) is 25.2 Å². The molecule has 12 nitrogen and oxygen atoms in total. The van der Waals surface area contributed by atoms with Crippen molar-refractivity contribution in [3.63, 3.8) is 0 Å². The number of nitrogens with one attached hydrogen (secondary N) is 4. The van der Waals surface area contributed by atoms with Gasteiger partial charge in [-0.15, -0.1) is 0 Å². The van der Waals surface area contributed by atoms with Gasteiger partial charge in [0.15, 0.2) is 12.2 Å². The first-order valence-electron chi connectivity index (χ1n) is 15.0. The van der Waals surface area contributed by atoms with Crippen LogP contribution in [0.25, 0.3) is 0 Å². The first kappa shape index (κ1) is 40.1. The first-order valence-corrected chi connectivity index (χ1v) is 15.0. The molecule has 0 heterocycles. The number of hydrogen-bond acceptors (Lipinski definition) is 8. The van der Waals surface area contributed by atoms with Gasteiger partial charge in [0.25, 0.3) is 11.8 Å². The lowest BCUT2D eigenvalue weighted by Gasteiger charge is -2.33. The van der Waals surface area contributed by atoms with Crippen molar-refractivity contribution in [3.8, 4) is 0 Å². The van der Waals surface area contributed by atoms with Gasteiger partial charge in [0.2, 0.25) is 11.8 Å². The van der Waals surface area contributed by atoms with E-state index >= 15 is 0 Å². The molecule has 6 N–H and O–H groups in total. The van der Waals surface area contributed by atoms with Crippen LogP contribution in [-0.4, -0.2) is 84.4 Å². The minimum absolute atomic E-state index is 0.518. The minimum Gasteiger partial charge on any atom is -0.387 e. The largest absolute Gasteiger partial charge is 0.387 e. The molecular formula is C32H42F4N4O8. The van der Waals surface area contributed by atoms with Crippen LogP contribution in [0, 0.1) is 35.1 Å². The number of rotatable bonds is 17. The van der Waals surface area contributed by atoms with Crippen LogP contribution in [0.2, 0.25) is 0 Å². The molecule has 2 aromatic carbocycles. The Bertz CT molecular complexity index is 1280. The second kappa shape index (κ2) is 18.4. The molecule has 0 unspecified atom stereocenters. The molecule has 0 aliphatic carbocycles. The summed E-state index contributed by atoms with van der Waals surface area (Å²) in [6.07, 6.45) is -9.30. The van der Waals surface area contributed by atoms with Crippen molar-refractivity contribution >= 4 is 23.6 Å². The number of likely N-dealkylation sites (N-methyl/N-ethyl adjacent to an activating group) is 2. The van der Waals surface area contributed by atoms with E-state index in [0.29, 0.717) is 0 Å². The standard InChI is InChI=1S/C32H42F4N4O8/c1-15(2)23(29(43)37-5)39-31(45)27(47-13-17-19(33)9-7-10-20(17)34)25(41)26(42)28(32(46)40-24(16(3)4)30(44)38-6)48-14-18-21(35)11-8-12-22(18)36/h7-12,15-16,23-28,41-42H,13-14H2,1-6H3,(H,37,43)(H,38,44)(H,39,45)(H,40,46)/t23-,24-,25+,26+,27+,28+/m0/s1. The van der Waals surface area contributed by atoms with Gasteiger partial charge in [-0.25, -0.2) is 17.6 Å². The van der Waals surface area contributed by atoms with Crippen molar-refractivity contribution in [2.45, 2.75) is 77.4 Å². The van der Waals surface area contributed by atoms with Gasteiger partial charge in [-0.1, -0.05) is 39.8 Å². The van der Waals surface area contributed by atoms with E-state index in [1.165, 1.54) is 14.1 Å². The molecule has 2 aromatic rings. The highest BCUT2D eigenvalue weighted by Gasteiger charge is 2.43. The Balaban J connectivity index is 2.54. The molecule has 0 aromatic heterocycles. The number of hydrogen-bond donors (Lipinski definition) is 6. The van der Waals surface area contributed by atoms with Crippen molar-refractivity contribution in [1.82, 2.24) is 21.3 Å². The second-order valence-electron chi connectivity index (χ2n) is 11.5. The number of benzene rings is 2. The van der Waals surface area contributed by atoms with Gasteiger partial charge in [0.05, 0.1) is 13.2 Å². The molecule has 266 valence electrons. The topological polar surface area (TPSA) is 175 Å². The van der Waals surface area contributed by atoms with E-state index in [4.69, 9.17) is 9.47 Å². The maximum absolute atomic E-state index is 14.4. The summed E-state index contributed by atoms with van der Waals surface area (Å²) in [4.78, 5) is 51.9. The summed E-state index contributed by atoms with van der Waals surface area (Å²) < 4.78 is 68.5. The van der Waals surface area contributed by atoms with Crippen LogP contribution in [0.5, 0.6) is 0 Å². The van der Waals surface area contributed by atoms with Gasteiger partial charge >= 0.3 is 0 Å². The number of aliphatic hydroxyl groups is 2. The Kier molecular flexibility index (Phi) is 15.4. The van der Waals surface area contributed by atoms with E-state index in [0.717, 1.165) is 36.4 Å². The van der Waals surface area contributed by atoms with E-state index in [1.807, 2.05) is 0 Å². The summed E-state index contributed by atoms with van der Waals surface area (Å²) in [5, 5.41) is 32.1. The Morgan fingerprint density at radius 1 is 0.604 bits per heavy atom. The Labute approximate surface area is 275 Å². The van der Waals surface area contributed by atoms with Gasteiger partial charge < -0.3 is 41.0 Å². The smallest absolute Gasteiger partial charge is 0.252 e. The fourth-order valence-corrected chi connectivity index (χ4v) is 4.56. The molecule has 0 radical (unpaired) electrons. The second-order valence-corrected chi connectivity index (χ2v) is 11.5. The minimum atomic E-state index is -2.43. The van der Waals surface area contributed by atoms with E-state index in [1.54, 1.807) is 27.7 Å². The van der Waals surface area contributed by atoms with Crippen LogP contribution < -0.4 is 21.3 Å². The predicted octanol–water partition coefficient (Wildman–Crippen LogP) is 1.21. The lowest BCUT2D eigenvalue weighted by Crippen LogP contribution is -2.60. The van der Waals surface area contributed by atoms with Gasteiger partial charge in [-0.3, -0.25) is 19.2 Å². The van der Waals surface area contributed by atoms with Gasteiger partial charge in [-0.05, 0) is 36.1 Å². The summed E-state index contributed by atoms with van der Waals surface area (Å²) in [6.45, 7) is 4.43. The number of carbonyl (C=O) groups excluding carboxylic acids is 4. The fourth-order valence-electron chi connectivity index (χ4n) is 4.56. The molecule has 2 rings (SSSR count). The van der Waals surface area contributed by atoms with Crippen LogP contribution in [0.4, 0.5) is 17.6 Å². The van der Waals surface area contributed by atoms with E-state index in [-0.39, 0.29) is 0 Å². The van der Waals surface area contributed by atoms with Crippen molar-refractivity contribution in [1.29, 1.82) is 0 Å². The first-order chi connectivity index (χ1) is 22.5. The van der Waals surface area contributed by atoms with Crippen molar-refractivity contribution < 1.29 is 56.4 Å². The number of aliphatic hydroxyl groups excluding tert-OH is 2. The lowest BCUT2D eigenvalue weighted by molar-refractivity contribution is -0.172. The van der Waals surface area contributed by atoms with Crippen LogP contribution in [0.15, 0.2) is 36.4 Å². The summed E-state index contributed by atoms with van der Waals surface area (Å²) >= 11 is 0. The van der Waals surface area contributed by atoms with Crippen LogP contribution >= 0.6 is 0 Å². The average molecular weight is 687 g/mol. The summed E-state index contributed by atoms with van der Waals surface area (Å²) in [6, 6.07) is 3.40. The van der Waals surface area contributed by atoms with Crippen LogP contribution in [-0.2, 0) is 41.9 Å². The molecule has 4 amide bonds. The molecule has 48 heavy (non-hydrogen) atoms. The van der Waals surface area contributed by atoms with E-state index in [2.05, 4.69) is 21.3 Å². The molecule has 0 fully saturated rings. The molecule has 0 aliphatic heterocycles. The van der Waals surface area contributed by atoms with Crippen molar-refractivity contribution in [3.05, 3.63) is 70.8 Å². The van der Waals surface area contributed by atoms with Gasteiger partial charge in [0.1, 0.15) is 47.6 Å². The zero-order valence-electron chi connectivity index (χ0n) is 27.4. The van der Waals surface area contributed by atoms with E-state index < -0.39 is 120 Å². The third kappa shape index (κ3) is 10.4. The predicted molar refractivity (Wildman–Crippen MR) is 164 cm³/mol. The lowest BCUT2D eigenvalue weighted by atomic mass is 9.98. The SMILES string of the molecule is CNC(=O)[C@@H](NC(=O)[C@H](OCc1c(F)cccc1F)[C@H](O)[C@@H](O)[C@@H](OCc1c(F)cccc1F)C(=O)N[C@H](C(=O)NC)C(C)C)C(C)C. The van der Waals surface area contributed by atoms with Crippen LogP contribution in [0.1, 0.15) is 38.8 Å². The highest BCUT2D eigenvalue weighted by atomic mass is 19.1. The molecule has 0 bridgehead atoms. The third-order valence-corrected chi connectivity index (χ3v) is 7.41. The van der Waals surface area contributed by atoms with Crippen molar-refractivity contribution in [2.75, 3.05) is 14.1 Å². The van der Waals surface area contributed by atoms with Crippen LogP contribution in [0.3, 0.4) is 0 Å². The molecule has 16 heteroatoms. The Hall–Kier alpha value is -4.12. The highest BCUT2D eigenvalue weighted by molar-refractivity contribution is 5.91. The summed E-state index contributed by atoms with van der Waals surface area (Å²) in [5.74, 6) is -9.02. The molecule has 0 saturated carbocycles. The molecule has 0 spiro atoms. The molecular weight excluding hydrogens is 644 g/mol. The summed E-state index contributed by atoms with van der Waals surface area (Å²) in [5.41, 5.74) is -1.29. The Morgan fingerprint density at radius 3 is 1.15 bits per heavy atom. The average Bonchev–Trinajstić information content (AvgIpc) is 3.03. The molecule has 6 atom stereocenters. The Morgan fingerprint density at radius 2 is 0.896 bits per heavy atom. The third-order valence-electron chi connectivity index (χ3n) is 7.41. The monoisotopic (exact) mass is 686 g/mol. The number of halogens is 4. The molecule has 0 saturated heterocycles. The highest BCUT2D eigenvalue weighted by Crippen LogP contribution is 2.21. The number of ether oxygens (including phenoxy) is 2. The maximum atomic E-state index is 14.4. The molecule has 0 aliphatic rings. The normalized spacial score (nSPS) is 15.2. The zero-order chi connectivity index (χ0) is 36.3. The number of amides is 4. The quantitative estimate of drug-likeness (QED) is 0.135. The number of carbonyl (C=O) groups is 4. The fraction of sp³-hybridized carbons (Fsp3) is 0.500. The maximum Gasteiger partial charge on any atom is 0.252 e. The van der Waals surface area contributed by atoms with Crippen molar-refractivity contribution in [2.24, 2.45) is 11.8 Å². The van der Waals surface area contributed by atoms with E-state index in [9.17, 15) is 47.0 Å². The zero-order valence-corrected chi connectivity index (χ0v) is 27.4. The summed E-state index contributed by atoms with van der Waals surface area (Å²) in [7, 11) is 2.61. The van der Waals surface area contributed by atoms with Gasteiger partial charge in [-0.2, -0.15) is 0 Å².